The highest BCUT2D eigenvalue weighted by Crippen LogP contribution is 2.29. The van der Waals surface area contributed by atoms with E-state index in [2.05, 4.69) is 0 Å². The lowest BCUT2D eigenvalue weighted by atomic mass is 9.98. The summed E-state index contributed by atoms with van der Waals surface area (Å²) >= 11 is 0. The van der Waals surface area contributed by atoms with E-state index in [1.807, 2.05) is 6.07 Å². The van der Waals surface area contributed by atoms with Crippen LogP contribution in [0.15, 0.2) is 24.3 Å². The van der Waals surface area contributed by atoms with Crippen molar-refractivity contribution in [3.63, 3.8) is 0 Å². The molecule has 2 saturated heterocycles. The van der Waals surface area contributed by atoms with Gasteiger partial charge in [0.1, 0.15) is 5.82 Å². The molecule has 0 aromatic heterocycles. The highest BCUT2D eigenvalue weighted by Gasteiger charge is 2.30. The number of benzene rings is 1. The standard InChI is InChI=1S/C18H23FN2O2/c19-16-7-4-3-6-15(16)14-9-11-21(12-14)18(23)13-20-10-5-1-2-8-17(20)22/h3-4,6-7,14H,1-2,5,8-13H2/t14-/m0/s1. The molecule has 0 N–H and O–H groups in total. The van der Waals surface area contributed by atoms with E-state index in [0.29, 0.717) is 31.6 Å². The number of halogens is 1. The Bertz CT molecular complexity index is 590. The number of likely N-dealkylation sites (tertiary alicyclic amines) is 2. The van der Waals surface area contributed by atoms with Crippen molar-refractivity contribution in [2.75, 3.05) is 26.2 Å². The Balaban J connectivity index is 1.59. The molecule has 0 saturated carbocycles. The summed E-state index contributed by atoms with van der Waals surface area (Å²) in [5.41, 5.74) is 0.689. The largest absolute Gasteiger partial charge is 0.341 e. The van der Waals surface area contributed by atoms with Gasteiger partial charge in [0.25, 0.3) is 0 Å². The summed E-state index contributed by atoms with van der Waals surface area (Å²) in [4.78, 5) is 27.9. The molecule has 2 aliphatic rings. The van der Waals surface area contributed by atoms with Crippen LogP contribution < -0.4 is 0 Å². The van der Waals surface area contributed by atoms with Crippen LogP contribution in [0.5, 0.6) is 0 Å². The fourth-order valence-corrected chi connectivity index (χ4v) is 3.52. The maximum absolute atomic E-state index is 13.9. The molecular formula is C18H23FN2O2. The Kier molecular flexibility index (Phi) is 4.94. The number of hydrogen-bond acceptors (Lipinski definition) is 2. The van der Waals surface area contributed by atoms with E-state index in [0.717, 1.165) is 25.7 Å². The second kappa shape index (κ2) is 7.11. The molecule has 2 aliphatic heterocycles. The molecule has 0 aliphatic carbocycles. The average molecular weight is 318 g/mol. The maximum atomic E-state index is 13.9. The molecule has 1 aromatic carbocycles. The fraction of sp³-hybridized carbons (Fsp3) is 0.556. The van der Waals surface area contributed by atoms with Crippen molar-refractivity contribution in [3.05, 3.63) is 35.6 Å². The van der Waals surface area contributed by atoms with Crippen LogP contribution in [0.4, 0.5) is 4.39 Å². The van der Waals surface area contributed by atoms with E-state index in [1.165, 1.54) is 6.07 Å². The molecule has 23 heavy (non-hydrogen) atoms. The summed E-state index contributed by atoms with van der Waals surface area (Å²) in [5.74, 6) is -0.0747. The molecule has 2 fully saturated rings. The first-order chi connectivity index (χ1) is 11.1. The van der Waals surface area contributed by atoms with Gasteiger partial charge in [-0.15, -0.1) is 0 Å². The van der Waals surface area contributed by atoms with E-state index in [-0.39, 0.29) is 30.1 Å². The molecule has 0 radical (unpaired) electrons. The van der Waals surface area contributed by atoms with Crippen LogP contribution in [0, 0.1) is 5.82 Å². The summed E-state index contributed by atoms with van der Waals surface area (Å²) < 4.78 is 13.9. The van der Waals surface area contributed by atoms with E-state index in [4.69, 9.17) is 0 Å². The lowest BCUT2D eigenvalue weighted by Gasteiger charge is -2.24. The predicted octanol–water partition coefficient (Wildman–Crippen LogP) is 2.54. The van der Waals surface area contributed by atoms with Gasteiger partial charge in [-0.05, 0) is 30.9 Å². The molecule has 5 heteroatoms. The van der Waals surface area contributed by atoms with Gasteiger partial charge < -0.3 is 9.80 Å². The monoisotopic (exact) mass is 318 g/mol. The molecule has 0 unspecified atom stereocenters. The minimum atomic E-state index is -0.200. The minimum Gasteiger partial charge on any atom is -0.341 e. The second-order valence-corrected chi connectivity index (χ2v) is 6.47. The molecule has 0 bridgehead atoms. The number of nitrogens with zero attached hydrogens (tertiary/aromatic N) is 2. The average Bonchev–Trinajstić information content (AvgIpc) is 2.95. The van der Waals surface area contributed by atoms with Crippen molar-refractivity contribution in [1.29, 1.82) is 0 Å². The van der Waals surface area contributed by atoms with E-state index in [9.17, 15) is 14.0 Å². The summed E-state index contributed by atoms with van der Waals surface area (Å²) in [5, 5.41) is 0. The van der Waals surface area contributed by atoms with Crippen LogP contribution in [0.1, 0.15) is 43.6 Å². The molecule has 0 spiro atoms. The predicted molar refractivity (Wildman–Crippen MR) is 85.4 cm³/mol. The molecular weight excluding hydrogens is 295 g/mol. The van der Waals surface area contributed by atoms with Crippen LogP contribution in [-0.2, 0) is 9.59 Å². The van der Waals surface area contributed by atoms with Gasteiger partial charge in [-0.1, -0.05) is 24.6 Å². The van der Waals surface area contributed by atoms with Crippen molar-refractivity contribution < 1.29 is 14.0 Å². The normalized spacial score (nSPS) is 22.3. The van der Waals surface area contributed by atoms with Crippen molar-refractivity contribution >= 4 is 11.8 Å². The third-order valence-corrected chi connectivity index (χ3v) is 4.88. The first-order valence-corrected chi connectivity index (χ1v) is 8.45. The summed E-state index contributed by atoms with van der Waals surface area (Å²) in [6.07, 6.45) is 4.26. The Hall–Kier alpha value is -1.91. The third kappa shape index (κ3) is 3.71. The molecule has 1 atom stereocenters. The summed E-state index contributed by atoms with van der Waals surface area (Å²) in [7, 11) is 0. The zero-order valence-corrected chi connectivity index (χ0v) is 13.3. The number of carbonyl (C=O) groups excluding carboxylic acids is 2. The van der Waals surface area contributed by atoms with E-state index < -0.39 is 0 Å². The van der Waals surface area contributed by atoms with Gasteiger partial charge in [0.2, 0.25) is 11.8 Å². The molecule has 2 heterocycles. The zero-order chi connectivity index (χ0) is 16.2. The SMILES string of the molecule is O=C1CCCCCN1CC(=O)N1CC[C@H](c2ccccc2F)C1. The molecule has 3 rings (SSSR count). The van der Waals surface area contributed by atoms with Gasteiger partial charge in [0.15, 0.2) is 0 Å². The van der Waals surface area contributed by atoms with Crippen molar-refractivity contribution in [3.8, 4) is 0 Å². The van der Waals surface area contributed by atoms with Crippen molar-refractivity contribution in [2.45, 2.75) is 38.0 Å². The smallest absolute Gasteiger partial charge is 0.242 e. The number of hydrogen-bond donors (Lipinski definition) is 0. The summed E-state index contributed by atoms with van der Waals surface area (Å²) in [6.45, 7) is 2.03. The highest BCUT2D eigenvalue weighted by molar-refractivity contribution is 5.85. The van der Waals surface area contributed by atoms with E-state index >= 15 is 0 Å². The van der Waals surface area contributed by atoms with Crippen LogP contribution >= 0.6 is 0 Å². The van der Waals surface area contributed by atoms with Crippen LogP contribution in [0.2, 0.25) is 0 Å². The van der Waals surface area contributed by atoms with Gasteiger partial charge in [0, 0.05) is 32.0 Å². The maximum Gasteiger partial charge on any atom is 0.242 e. The highest BCUT2D eigenvalue weighted by atomic mass is 19.1. The topological polar surface area (TPSA) is 40.6 Å². The first kappa shape index (κ1) is 16.0. The summed E-state index contributed by atoms with van der Waals surface area (Å²) in [6, 6.07) is 6.78. The number of carbonyl (C=O) groups is 2. The van der Waals surface area contributed by atoms with Crippen molar-refractivity contribution in [2.24, 2.45) is 0 Å². The molecule has 4 nitrogen and oxygen atoms in total. The Morgan fingerprint density at radius 2 is 2.00 bits per heavy atom. The second-order valence-electron chi connectivity index (χ2n) is 6.47. The lowest BCUT2D eigenvalue weighted by Crippen LogP contribution is -2.41. The number of rotatable bonds is 3. The quantitative estimate of drug-likeness (QED) is 0.859. The van der Waals surface area contributed by atoms with E-state index in [1.54, 1.807) is 21.9 Å². The van der Waals surface area contributed by atoms with Crippen LogP contribution in [0.3, 0.4) is 0 Å². The fourth-order valence-electron chi connectivity index (χ4n) is 3.52. The minimum absolute atomic E-state index is 0.0147. The Labute approximate surface area is 136 Å². The molecule has 1 aromatic rings. The van der Waals surface area contributed by atoms with Crippen LogP contribution in [-0.4, -0.2) is 47.8 Å². The zero-order valence-electron chi connectivity index (χ0n) is 13.3. The Morgan fingerprint density at radius 1 is 1.17 bits per heavy atom. The van der Waals surface area contributed by atoms with Gasteiger partial charge in [-0.2, -0.15) is 0 Å². The van der Waals surface area contributed by atoms with Gasteiger partial charge in [-0.25, -0.2) is 4.39 Å². The van der Waals surface area contributed by atoms with Gasteiger partial charge >= 0.3 is 0 Å². The first-order valence-electron chi connectivity index (χ1n) is 8.45. The lowest BCUT2D eigenvalue weighted by molar-refractivity contribution is -0.139. The van der Waals surface area contributed by atoms with Gasteiger partial charge in [-0.3, -0.25) is 9.59 Å². The van der Waals surface area contributed by atoms with Gasteiger partial charge in [0.05, 0.1) is 6.54 Å². The van der Waals surface area contributed by atoms with Crippen molar-refractivity contribution in [1.82, 2.24) is 9.80 Å². The third-order valence-electron chi connectivity index (χ3n) is 4.88. The Morgan fingerprint density at radius 3 is 2.83 bits per heavy atom. The molecule has 124 valence electrons. The molecule has 2 amide bonds. The van der Waals surface area contributed by atoms with Crippen LogP contribution in [0.25, 0.3) is 0 Å². The number of amides is 2.